The number of methoxy groups -OCH3 is 2. The topological polar surface area (TPSA) is 74.3 Å². The highest BCUT2D eigenvalue weighted by Crippen LogP contribution is 2.25. The average molecular weight is 309 g/mol. The lowest BCUT2D eigenvalue weighted by Crippen LogP contribution is -2.42. The van der Waals surface area contributed by atoms with E-state index in [2.05, 4.69) is 0 Å². The van der Waals surface area contributed by atoms with Crippen molar-refractivity contribution < 1.29 is 28.5 Å². The molecule has 0 N–H and O–H groups in total. The van der Waals surface area contributed by atoms with Crippen molar-refractivity contribution in [3.05, 3.63) is 23.8 Å². The van der Waals surface area contributed by atoms with Crippen LogP contribution in [0.15, 0.2) is 18.2 Å². The Morgan fingerprint density at radius 1 is 1.18 bits per heavy atom. The molecule has 1 heterocycles. The highest BCUT2D eigenvalue weighted by atomic mass is 16.5. The molecule has 1 aliphatic heterocycles. The van der Waals surface area contributed by atoms with E-state index >= 15 is 0 Å². The van der Waals surface area contributed by atoms with E-state index in [4.69, 9.17) is 18.9 Å². The molecule has 7 heteroatoms. The highest BCUT2D eigenvalue weighted by Gasteiger charge is 2.20. The third-order valence-corrected chi connectivity index (χ3v) is 3.32. The van der Waals surface area contributed by atoms with Crippen molar-refractivity contribution in [2.45, 2.75) is 0 Å². The Balaban J connectivity index is 1.95. The predicted molar refractivity (Wildman–Crippen MR) is 77.2 cm³/mol. The predicted octanol–water partition coefficient (Wildman–Crippen LogP) is 0.719. The number of esters is 1. The lowest BCUT2D eigenvalue weighted by atomic mass is 10.2. The summed E-state index contributed by atoms with van der Waals surface area (Å²) in [6.45, 7) is 1.75. The molecule has 0 aliphatic carbocycles. The molecule has 0 unspecified atom stereocenters. The molecule has 1 amide bonds. The summed E-state index contributed by atoms with van der Waals surface area (Å²) in [7, 11) is 2.97. The molecule has 2 rings (SSSR count). The Kier molecular flexibility index (Phi) is 5.60. The van der Waals surface area contributed by atoms with Gasteiger partial charge in [-0.2, -0.15) is 0 Å². The van der Waals surface area contributed by atoms with Crippen molar-refractivity contribution in [2.75, 3.05) is 47.1 Å². The Morgan fingerprint density at radius 3 is 2.55 bits per heavy atom. The summed E-state index contributed by atoms with van der Waals surface area (Å²) in [5, 5.41) is 0. The van der Waals surface area contributed by atoms with Crippen LogP contribution in [0.5, 0.6) is 11.5 Å². The minimum Gasteiger partial charge on any atom is -0.497 e. The monoisotopic (exact) mass is 309 g/mol. The molecule has 1 aromatic rings. The number of nitrogens with zero attached hydrogens (tertiary/aromatic N) is 1. The minimum absolute atomic E-state index is 0.232. The zero-order valence-electron chi connectivity index (χ0n) is 12.7. The van der Waals surface area contributed by atoms with Crippen LogP contribution in [0.1, 0.15) is 10.4 Å². The molecule has 0 radical (unpaired) electrons. The highest BCUT2D eigenvalue weighted by molar-refractivity contribution is 5.94. The number of morpholine rings is 1. The van der Waals surface area contributed by atoms with Crippen LogP contribution in [0.25, 0.3) is 0 Å². The zero-order valence-corrected chi connectivity index (χ0v) is 12.7. The molecule has 0 bridgehead atoms. The van der Waals surface area contributed by atoms with Gasteiger partial charge in [0.1, 0.15) is 17.1 Å². The van der Waals surface area contributed by atoms with Crippen LogP contribution in [0.4, 0.5) is 0 Å². The van der Waals surface area contributed by atoms with Gasteiger partial charge in [0.05, 0.1) is 27.4 Å². The Bertz CT molecular complexity index is 539. The fraction of sp³-hybridized carbons (Fsp3) is 0.467. The molecule has 120 valence electrons. The number of carbonyl (C=O) groups excluding carboxylic acids is 2. The van der Waals surface area contributed by atoms with E-state index in [0.29, 0.717) is 37.8 Å². The number of benzene rings is 1. The fourth-order valence-electron chi connectivity index (χ4n) is 2.08. The van der Waals surface area contributed by atoms with Crippen molar-refractivity contribution >= 4 is 11.9 Å². The van der Waals surface area contributed by atoms with Crippen LogP contribution in [0.2, 0.25) is 0 Å². The summed E-state index contributed by atoms with van der Waals surface area (Å²) >= 11 is 0. The molecule has 0 atom stereocenters. The van der Waals surface area contributed by atoms with Gasteiger partial charge in [-0.1, -0.05) is 0 Å². The summed E-state index contributed by atoms with van der Waals surface area (Å²) in [4.78, 5) is 25.6. The molecule has 0 saturated carbocycles. The number of amides is 1. The third-order valence-electron chi connectivity index (χ3n) is 3.32. The van der Waals surface area contributed by atoms with E-state index in [1.807, 2.05) is 0 Å². The molecular formula is C15H19NO6. The average Bonchev–Trinajstić information content (AvgIpc) is 2.59. The maximum absolute atomic E-state index is 12.1. The van der Waals surface area contributed by atoms with E-state index < -0.39 is 5.97 Å². The first-order valence-corrected chi connectivity index (χ1v) is 6.90. The number of hydrogen-bond acceptors (Lipinski definition) is 6. The van der Waals surface area contributed by atoms with E-state index in [1.165, 1.54) is 14.2 Å². The number of rotatable bonds is 5. The van der Waals surface area contributed by atoms with E-state index in [9.17, 15) is 9.59 Å². The van der Waals surface area contributed by atoms with Gasteiger partial charge in [0, 0.05) is 19.2 Å². The second-order valence-electron chi connectivity index (χ2n) is 4.64. The standard InChI is InChI=1S/C15H19NO6/c1-19-11-3-4-12(13(9-11)20-2)15(18)22-10-14(17)16-5-7-21-8-6-16/h3-4,9H,5-8,10H2,1-2H3. The summed E-state index contributed by atoms with van der Waals surface area (Å²) < 4.78 is 20.4. The third kappa shape index (κ3) is 3.88. The van der Waals surface area contributed by atoms with Crippen molar-refractivity contribution in [1.29, 1.82) is 0 Å². The van der Waals surface area contributed by atoms with E-state index in [-0.39, 0.29) is 18.1 Å². The SMILES string of the molecule is COc1ccc(C(=O)OCC(=O)N2CCOCC2)c(OC)c1. The summed E-state index contributed by atoms with van der Waals surface area (Å²) in [6, 6.07) is 4.75. The smallest absolute Gasteiger partial charge is 0.342 e. The lowest BCUT2D eigenvalue weighted by molar-refractivity contribution is -0.138. The normalized spacial score (nSPS) is 14.4. The van der Waals surface area contributed by atoms with Gasteiger partial charge in [0.25, 0.3) is 5.91 Å². The molecule has 1 aliphatic rings. The summed E-state index contributed by atoms with van der Waals surface area (Å²) in [5.41, 5.74) is 0.248. The van der Waals surface area contributed by atoms with Crippen LogP contribution < -0.4 is 9.47 Å². The van der Waals surface area contributed by atoms with E-state index in [0.717, 1.165) is 0 Å². The molecule has 1 fully saturated rings. The molecule has 22 heavy (non-hydrogen) atoms. The van der Waals surface area contributed by atoms with Gasteiger partial charge in [-0.05, 0) is 12.1 Å². The molecule has 0 aromatic heterocycles. The Morgan fingerprint density at radius 2 is 1.91 bits per heavy atom. The maximum atomic E-state index is 12.1. The second-order valence-corrected chi connectivity index (χ2v) is 4.64. The van der Waals surface area contributed by atoms with Crippen LogP contribution in [0.3, 0.4) is 0 Å². The maximum Gasteiger partial charge on any atom is 0.342 e. The van der Waals surface area contributed by atoms with Crippen LogP contribution in [-0.4, -0.2) is 63.9 Å². The molecule has 7 nitrogen and oxygen atoms in total. The molecule has 1 aromatic carbocycles. The van der Waals surface area contributed by atoms with Crippen LogP contribution in [0, 0.1) is 0 Å². The van der Waals surface area contributed by atoms with Gasteiger partial charge >= 0.3 is 5.97 Å². The van der Waals surface area contributed by atoms with Crippen molar-refractivity contribution in [3.8, 4) is 11.5 Å². The first kappa shape index (κ1) is 16.1. The van der Waals surface area contributed by atoms with Crippen molar-refractivity contribution in [2.24, 2.45) is 0 Å². The van der Waals surface area contributed by atoms with Gasteiger partial charge in [-0.3, -0.25) is 4.79 Å². The fourth-order valence-corrected chi connectivity index (χ4v) is 2.08. The van der Waals surface area contributed by atoms with Gasteiger partial charge in [0.15, 0.2) is 6.61 Å². The minimum atomic E-state index is -0.610. The van der Waals surface area contributed by atoms with Crippen LogP contribution in [-0.2, 0) is 14.3 Å². The number of ether oxygens (including phenoxy) is 4. The van der Waals surface area contributed by atoms with Crippen LogP contribution >= 0.6 is 0 Å². The lowest BCUT2D eigenvalue weighted by Gasteiger charge is -2.26. The summed E-state index contributed by atoms with van der Waals surface area (Å²) in [5.74, 6) is 0.0613. The largest absolute Gasteiger partial charge is 0.497 e. The second kappa shape index (κ2) is 7.65. The Labute approximate surface area is 128 Å². The van der Waals surface area contributed by atoms with Crippen molar-refractivity contribution in [1.82, 2.24) is 4.90 Å². The molecular weight excluding hydrogens is 290 g/mol. The zero-order chi connectivity index (χ0) is 15.9. The molecule has 1 saturated heterocycles. The number of carbonyl (C=O) groups is 2. The van der Waals surface area contributed by atoms with Gasteiger partial charge < -0.3 is 23.8 Å². The van der Waals surface area contributed by atoms with Gasteiger partial charge in [0.2, 0.25) is 0 Å². The van der Waals surface area contributed by atoms with Crippen molar-refractivity contribution in [3.63, 3.8) is 0 Å². The Hall–Kier alpha value is -2.28. The first-order chi connectivity index (χ1) is 10.7. The van der Waals surface area contributed by atoms with E-state index in [1.54, 1.807) is 23.1 Å². The van der Waals surface area contributed by atoms with Gasteiger partial charge in [-0.25, -0.2) is 4.79 Å². The van der Waals surface area contributed by atoms with Gasteiger partial charge in [-0.15, -0.1) is 0 Å². The molecule has 0 spiro atoms. The first-order valence-electron chi connectivity index (χ1n) is 6.90. The summed E-state index contributed by atoms with van der Waals surface area (Å²) in [6.07, 6.45) is 0. The quantitative estimate of drug-likeness (QED) is 0.746. The number of hydrogen-bond donors (Lipinski definition) is 0.